The molecule has 0 amide bonds. The van der Waals surface area contributed by atoms with E-state index in [0.29, 0.717) is 6.10 Å². The Morgan fingerprint density at radius 3 is 2.45 bits per heavy atom. The minimum atomic E-state index is 0.286. The van der Waals surface area contributed by atoms with Gasteiger partial charge in [-0.3, -0.25) is 0 Å². The first kappa shape index (κ1) is 9.08. The van der Waals surface area contributed by atoms with E-state index in [1.807, 2.05) is 0 Å². The van der Waals surface area contributed by atoms with Crippen LogP contribution in [0.15, 0.2) is 0 Å². The zero-order chi connectivity index (χ0) is 8.48. The highest BCUT2D eigenvalue weighted by atomic mass is 16.5. The lowest BCUT2D eigenvalue weighted by molar-refractivity contribution is -0.0590. The monoisotopic (exact) mass is 155 g/mol. The summed E-state index contributed by atoms with van der Waals surface area (Å²) in [5, 5.41) is 0. The third-order valence-electron chi connectivity index (χ3n) is 2.24. The van der Waals surface area contributed by atoms with Gasteiger partial charge in [-0.1, -0.05) is 20.8 Å². The maximum absolute atomic E-state index is 5.67. The lowest BCUT2D eigenvalue weighted by Crippen LogP contribution is -2.46. The Labute approximate surface area is 70.3 Å². The summed E-state index contributed by atoms with van der Waals surface area (Å²) >= 11 is 0. The van der Waals surface area contributed by atoms with Crippen LogP contribution >= 0.6 is 0 Å². The van der Waals surface area contributed by atoms with Crippen molar-refractivity contribution < 1.29 is 4.74 Å². The van der Waals surface area contributed by atoms with E-state index in [4.69, 9.17) is 4.74 Å². The molecule has 1 aliphatic heterocycles. The van der Waals surface area contributed by atoms with Crippen LogP contribution in [-0.2, 0) is 4.74 Å². The number of ether oxygens (including phenoxy) is 1. The van der Waals surface area contributed by atoms with Gasteiger partial charge in [-0.15, -0.1) is 0 Å². The molecule has 0 bridgehead atoms. The molecule has 0 aromatic rings. The van der Waals surface area contributed by atoms with Crippen molar-refractivity contribution in [3.8, 4) is 0 Å². The molecule has 0 N–H and O–H groups in total. The largest absolute Gasteiger partial charge is 0.375 e. The Hall–Kier alpha value is -0.0151. The third kappa shape index (κ3) is 2.49. The molecule has 1 fully saturated rings. The average Bonchev–Trinajstić information content (AvgIpc) is 1.86. The lowest BCUT2D eigenvalue weighted by atomic mass is 9.87. The van der Waals surface area contributed by atoms with Gasteiger partial charge in [0.15, 0.2) is 7.98 Å². The van der Waals surface area contributed by atoms with Gasteiger partial charge < -0.3 is 9.55 Å². The first-order chi connectivity index (χ1) is 5.00. The topological polar surface area (TPSA) is 12.5 Å². The van der Waals surface area contributed by atoms with Gasteiger partial charge in [0, 0.05) is 13.1 Å². The zero-order valence-electron chi connectivity index (χ0n) is 8.05. The van der Waals surface area contributed by atoms with Crippen molar-refractivity contribution in [3.63, 3.8) is 0 Å². The van der Waals surface area contributed by atoms with Crippen LogP contribution in [0.4, 0.5) is 0 Å². The van der Waals surface area contributed by atoms with Crippen LogP contribution in [0.3, 0.4) is 0 Å². The standard InChI is InChI=1S/C8H18BNO/c1-8(2,3)7-6-10(9)4-5-11-7/h7H,4-6,9H2,1-3H3. The molecule has 1 atom stereocenters. The van der Waals surface area contributed by atoms with Crippen molar-refractivity contribution in [2.24, 2.45) is 5.41 Å². The van der Waals surface area contributed by atoms with Gasteiger partial charge >= 0.3 is 0 Å². The molecule has 0 aromatic carbocycles. The summed E-state index contributed by atoms with van der Waals surface area (Å²) in [6, 6.07) is 0. The van der Waals surface area contributed by atoms with E-state index in [0.717, 1.165) is 19.7 Å². The maximum Gasteiger partial charge on any atom is 0.185 e. The fourth-order valence-corrected chi connectivity index (χ4v) is 1.30. The van der Waals surface area contributed by atoms with Crippen molar-refractivity contribution in [1.82, 2.24) is 4.81 Å². The van der Waals surface area contributed by atoms with Crippen LogP contribution in [0.1, 0.15) is 20.8 Å². The Balaban J connectivity index is 2.46. The van der Waals surface area contributed by atoms with Crippen molar-refractivity contribution in [3.05, 3.63) is 0 Å². The summed E-state index contributed by atoms with van der Waals surface area (Å²) in [5.41, 5.74) is 0.286. The van der Waals surface area contributed by atoms with Crippen LogP contribution in [0.25, 0.3) is 0 Å². The van der Waals surface area contributed by atoms with E-state index in [1.54, 1.807) is 0 Å². The number of rotatable bonds is 0. The molecule has 2 nitrogen and oxygen atoms in total. The molecule has 3 heteroatoms. The molecule has 1 unspecified atom stereocenters. The summed E-state index contributed by atoms with van der Waals surface area (Å²) < 4.78 is 5.67. The molecule has 0 aliphatic carbocycles. The first-order valence-corrected chi connectivity index (χ1v) is 4.30. The molecule has 11 heavy (non-hydrogen) atoms. The molecule has 1 aliphatic rings. The third-order valence-corrected chi connectivity index (χ3v) is 2.24. The molecular formula is C8H18BNO. The zero-order valence-corrected chi connectivity index (χ0v) is 8.05. The summed E-state index contributed by atoms with van der Waals surface area (Å²) in [6.45, 7) is 9.74. The highest BCUT2D eigenvalue weighted by molar-refractivity contribution is 6.04. The lowest BCUT2D eigenvalue weighted by Gasteiger charge is -2.38. The molecule has 0 aromatic heterocycles. The fourth-order valence-electron chi connectivity index (χ4n) is 1.30. The molecule has 0 spiro atoms. The Kier molecular flexibility index (Phi) is 2.60. The van der Waals surface area contributed by atoms with Gasteiger partial charge in [0.2, 0.25) is 0 Å². The highest BCUT2D eigenvalue weighted by Gasteiger charge is 2.28. The second-order valence-corrected chi connectivity index (χ2v) is 4.49. The van der Waals surface area contributed by atoms with Crippen LogP contribution < -0.4 is 0 Å². The average molecular weight is 155 g/mol. The number of hydrogen-bond donors (Lipinski definition) is 0. The minimum absolute atomic E-state index is 0.286. The minimum Gasteiger partial charge on any atom is -0.375 e. The van der Waals surface area contributed by atoms with E-state index in [2.05, 4.69) is 33.6 Å². The Morgan fingerprint density at radius 1 is 1.45 bits per heavy atom. The molecule has 1 saturated heterocycles. The van der Waals surface area contributed by atoms with Gasteiger partial charge in [0.25, 0.3) is 0 Å². The summed E-state index contributed by atoms with van der Waals surface area (Å²) in [5.74, 6) is 0. The summed E-state index contributed by atoms with van der Waals surface area (Å²) in [7, 11) is 2.15. The molecule has 64 valence electrons. The van der Waals surface area contributed by atoms with E-state index < -0.39 is 0 Å². The quantitative estimate of drug-likeness (QED) is 0.466. The maximum atomic E-state index is 5.67. The Morgan fingerprint density at radius 2 is 2.09 bits per heavy atom. The molecule has 1 heterocycles. The van der Waals surface area contributed by atoms with Gasteiger partial charge in [-0.25, -0.2) is 0 Å². The van der Waals surface area contributed by atoms with Crippen molar-refractivity contribution in [1.29, 1.82) is 0 Å². The molecule has 0 saturated carbocycles. The number of morpholine rings is 1. The number of nitrogens with zero attached hydrogens (tertiary/aromatic N) is 1. The van der Waals surface area contributed by atoms with Crippen LogP contribution in [-0.4, -0.2) is 38.6 Å². The van der Waals surface area contributed by atoms with Crippen molar-refractivity contribution in [2.75, 3.05) is 19.7 Å². The molecular weight excluding hydrogens is 137 g/mol. The predicted molar refractivity (Wildman–Crippen MR) is 49.3 cm³/mol. The van der Waals surface area contributed by atoms with E-state index in [-0.39, 0.29) is 5.41 Å². The fraction of sp³-hybridized carbons (Fsp3) is 1.00. The van der Waals surface area contributed by atoms with Crippen LogP contribution in [0.5, 0.6) is 0 Å². The van der Waals surface area contributed by atoms with Gasteiger partial charge in [0.05, 0.1) is 12.7 Å². The second kappa shape index (κ2) is 3.15. The Bertz CT molecular complexity index is 133. The second-order valence-electron chi connectivity index (χ2n) is 4.49. The van der Waals surface area contributed by atoms with E-state index in [9.17, 15) is 0 Å². The normalized spacial score (nSPS) is 28.8. The number of hydrogen-bond acceptors (Lipinski definition) is 2. The van der Waals surface area contributed by atoms with Crippen molar-refractivity contribution >= 4 is 7.98 Å². The summed E-state index contributed by atoms with van der Waals surface area (Å²) in [4.78, 5) is 2.33. The van der Waals surface area contributed by atoms with Gasteiger partial charge in [-0.2, -0.15) is 0 Å². The highest BCUT2D eigenvalue weighted by Crippen LogP contribution is 2.24. The predicted octanol–water partition coefficient (Wildman–Crippen LogP) is 0.281. The summed E-state index contributed by atoms with van der Waals surface area (Å²) in [6.07, 6.45) is 0.404. The van der Waals surface area contributed by atoms with Crippen LogP contribution in [0.2, 0.25) is 0 Å². The van der Waals surface area contributed by atoms with E-state index >= 15 is 0 Å². The van der Waals surface area contributed by atoms with Crippen LogP contribution in [0, 0.1) is 5.41 Å². The van der Waals surface area contributed by atoms with Gasteiger partial charge in [0.1, 0.15) is 0 Å². The SMILES string of the molecule is BN1CCOC(C(C)(C)C)C1. The molecule has 0 radical (unpaired) electrons. The van der Waals surface area contributed by atoms with Gasteiger partial charge in [-0.05, 0) is 5.41 Å². The van der Waals surface area contributed by atoms with E-state index in [1.165, 1.54) is 0 Å². The van der Waals surface area contributed by atoms with Crippen molar-refractivity contribution in [2.45, 2.75) is 26.9 Å². The smallest absolute Gasteiger partial charge is 0.185 e. The molecule has 1 rings (SSSR count). The first-order valence-electron chi connectivity index (χ1n) is 4.30.